The summed E-state index contributed by atoms with van der Waals surface area (Å²) in [6, 6.07) is 11.4. The van der Waals surface area contributed by atoms with E-state index in [1.165, 1.54) is 4.90 Å². The molecule has 2 aromatic heterocycles. The molecular formula is C36H38N10O5S. The summed E-state index contributed by atoms with van der Waals surface area (Å²) in [4.78, 5) is 70.8. The van der Waals surface area contributed by atoms with Gasteiger partial charge < -0.3 is 16.0 Å². The summed E-state index contributed by atoms with van der Waals surface area (Å²) >= 11 is 1.62. The largest absolute Gasteiger partial charge is 0.399 e. The third kappa shape index (κ3) is 6.52. The fourth-order valence-corrected chi connectivity index (χ4v) is 8.03. The van der Waals surface area contributed by atoms with E-state index in [4.69, 9.17) is 10.7 Å². The first-order chi connectivity index (χ1) is 25.0. The zero-order valence-electron chi connectivity index (χ0n) is 28.9. The first-order valence-electron chi connectivity index (χ1n) is 17.0. The number of nitrogens with zero attached hydrogens (tertiary/aromatic N) is 5. The van der Waals surface area contributed by atoms with E-state index in [1.807, 2.05) is 41.8 Å². The highest BCUT2D eigenvalue weighted by molar-refractivity contribution is 7.15. The Morgan fingerprint density at radius 2 is 1.79 bits per heavy atom. The minimum Gasteiger partial charge on any atom is -0.399 e. The summed E-state index contributed by atoms with van der Waals surface area (Å²) in [7, 11) is 0. The van der Waals surface area contributed by atoms with Crippen LogP contribution in [0.2, 0.25) is 0 Å². The van der Waals surface area contributed by atoms with E-state index in [9.17, 15) is 24.0 Å². The normalized spacial score (nSPS) is 17.8. The average Bonchev–Trinajstić information content (AvgIpc) is 3.73. The van der Waals surface area contributed by atoms with Crippen LogP contribution in [0, 0.1) is 20.8 Å². The maximum absolute atomic E-state index is 13.2. The van der Waals surface area contributed by atoms with Crippen LogP contribution in [-0.2, 0) is 25.7 Å². The van der Waals surface area contributed by atoms with E-state index in [0.29, 0.717) is 35.9 Å². The molecule has 15 nitrogen and oxygen atoms in total. The summed E-state index contributed by atoms with van der Waals surface area (Å²) in [5, 5.41) is 15.3. The van der Waals surface area contributed by atoms with Crippen molar-refractivity contribution < 1.29 is 24.0 Å². The zero-order valence-corrected chi connectivity index (χ0v) is 29.7. The lowest BCUT2D eigenvalue weighted by Crippen LogP contribution is -2.52. The number of fused-ring (bicyclic) bond motifs is 4. The average molecular weight is 723 g/mol. The van der Waals surface area contributed by atoms with Gasteiger partial charge >= 0.3 is 0 Å². The minimum absolute atomic E-state index is 0.0842. The number of nitrogens with two attached hydrogens (primary N) is 1. The Labute approximate surface area is 303 Å². The number of hydrogen-bond donors (Lipinski definition) is 5. The molecule has 16 heteroatoms. The van der Waals surface area contributed by atoms with Gasteiger partial charge in [-0.2, -0.15) is 0 Å². The Morgan fingerprint density at radius 3 is 2.56 bits per heavy atom. The van der Waals surface area contributed by atoms with Gasteiger partial charge in [-0.15, -0.1) is 21.5 Å². The molecule has 0 spiro atoms. The lowest BCUT2D eigenvalue weighted by Gasteiger charge is -2.29. The highest BCUT2D eigenvalue weighted by Gasteiger charge is 2.40. The van der Waals surface area contributed by atoms with Gasteiger partial charge in [0.05, 0.1) is 12.1 Å². The van der Waals surface area contributed by atoms with Crippen molar-refractivity contribution in [2.75, 3.05) is 17.6 Å². The minimum atomic E-state index is -0.700. The van der Waals surface area contributed by atoms with Crippen LogP contribution in [0.1, 0.15) is 87.3 Å². The number of hydrazine groups is 1. The molecule has 5 heterocycles. The first-order valence-corrected chi connectivity index (χ1v) is 17.9. The predicted octanol–water partition coefficient (Wildman–Crippen LogP) is 2.92. The molecule has 0 saturated carbocycles. The lowest BCUT2D eigenvalue weighted by atomic mass is 9.99. The van der Waals surface area contributed by atoms with E-state index < -0.39 is 23.9 Å². The molecular weight excluding hydrogens is 685 g/mol. The first kappa shape index (κ1) is 34.5. The van der Waals surface area contributed by atoms with Crippen LogP contribution in [0.5, 0.6) is 0 Å². The van der Waals surface area contributed by atoms with Crippen molar-refractivity contribution in [3.05, 3.63) is 86.8 Å². The molecule has 0 aliphatic carbocycles. The molecule has 0 bridgehead atoms. The second kappa shape index (κ2) is 14.0. The molecule has 52 heavy (non-hydrogen) atoms. The van der Waals surface area contributed by atoms with E-state index in [-0.39, 0.29) is 49.9 Å². The number of carbonyl (C=O) groups is 5. The SMILES string of the molecule is Cc1sc2c(c1C)C(c1ccc(N)cc1)=N[C@@H](CC(=O)NNC(=O)CCCNc1cccc3c1CN(C1CCC(=O)NC1=O)C3=O)c1nnc(C)n1-2. The Morgan fingerprint density at radius 1 is 1.02 bits per heavy atom. The number of aliphatic imine (C=N–C) groups is 1. The lowest BCUT2D eigenvalue weighted by molar-refractivity contribution is -0.137. The van der Waals surface area contributed by atoms with Crippen molar-refractivity contribution in [3.63, 3.8) is 0 Å². The summed E-state index contributed by atoms with van der Waals surface area (Å²) in [5.41, 5.74) is 17.3. The predicted molar refractivity (Wildman–Crippen MR) is 194 cm³/mol. The van der Waals surface area contributed by atoms with Crippen LogP contribution >= 0.6 is 11.3 Å². The fourth-order valence-electron chi connectivity index (χ4n) is 6.82. The van der Waals surface area contributed by atoms with Gasteiger partial charge in [-0.3, -0.25) is 49.7 Å². The topological polar surface area (TPSA) is 206 Å². The van der Waals surface area contributed by atoms with Crippen molar-refractivity contribution in [2.45, 2.75) is 71.5 Å². The maximum Gasteiger partial charge on any atom is 0.255 e. The van der Waals surface area contributed by atoms with Crippen LogP contribution < -0.4 is 27.2 Å². The number of nitrogens with one attached hydrogen (secondary N) is 4. The van der Waals surface area contributed by atoms with E-state index in [1.54, 1.807) is 23.5 Å². The third-order valence-corrected chi connectivity index (χ3v) is 10.8. The number of anilines is 2. The number of hydrogen-bond acceptors (Lipinski definition) is 11. The smallest absolute Gasteiger partial charge is 0.255 e. The summed E-state index contributed by atoms with van der Waals surface area (Å²) in [5.74, 6) is -0.646. The van der Waals surface area contributed by atoms with Gasteiger partial charge in [0.15, 0.2) is 5.82 Å². The molecule has 0 radical (unpaired) electrons. The number of aryl methyl sites for hydroxylation is 2. The highest BCUT2D eigenvalue weighted by Crippen LogP contribution is 2.39. The molecule has 2 aromatic carbocycles. The molecule has 4 aromatic rings. The number of aromatic nitrogens is 3. The number of rotatable bonds is 9. The maximum atomic E-state index is 13.2. The number of thiophene rings is 1. The van der Waals surface area contributed by atoms with Crippen molar-refractivity contribution in [1.29, 1.82) is 0 Å². The van der Waals surface area contributed by atoms with Gasteiger partial charge in [0.25, 0.3) is 5.91 Å². The molecule has 1 unspecified atom stereocenters. The van der Waals surface area contributed by atoms with Gasteiger partial charge in [0.2, 0.25) is 23.6 Å². The number of benzene rings is 2. The molecule has 2 atom stereocenters. The van der Waals surface area contributed by atoms with Crippen LogP contribution in [0.25, 0.3) is 5.00 Å². The van der Waals surface area contributed by atoms with Crippen LogP contribution in [-0.4, -0.2) is 67.5 Å². The summed E-state index contributed by atoms with van der Waals surface area (Å²) in [6.07, 6.45) is 0.950. The van der Waals surface area contributed by atoms with Crippen LogP contribution in [0.15, 0.2) is 47.5 Å². The van der Waals surface area contributed by atoms with Crippen LogP contribution in [0.4, 0.5) is 11.4 Å². The Hall–Kier alpha value is -5.90. The molecule has 5 amide bonds. The van der Waals surface area contributed by atoms with Crippen molar-refractivity contribution in [2.24, 2.45) is 4.99 Å². The summed E-state index contributed by atoms with van der Waals surface area (Å²) < 4.78 is 1.96. The molecule has 3 aliphatic rings. The Balaban J connectivity index is 0.959. The number of carbonyl (C=O) groups excluding carboxylic acids is 5. The number of piperidine rings is 1. The van der Waals surface area contributed by atoms with Gasteiger partial charge in [0.1, 0.15) is 22.9 Å². The molecule has 7 rings (SSSR count). The second-order valence-electron chi connectivity index (χ2n) is 13.1. The number of nitrogen functional groups attached to an aromatic ring is 1. The van der Waals surface area contributed by atoms with Gasteiger partial charge in [0, 0.05) is 64.4 Å². The Bertz CT molecular complexity index is 2150. The van der Waals surface area contributed by atoms with E-state index >= 15 is 0 Å². The standard InChI is InChI=1S/C36H38N10O5S/c1-18-19(2)52-36-31(18)32(21-9-11-22(37)12-10-21)39-26(33-44-41-20(3)46(33)36)16-30(49)43-42-29(48)8-5-15-38-25-7-4-6-23-24(25)17-45(35(23)51)27-13-14-28(47)40-34(27)50/h4,6-7,9-12,26-27,38H,5,8,13-17,37H2,1-3H3,(H,42,48)(H,43,49)(H,40,47,50)/t26-,27?/m0/s1. The molecule has 1 saturated heterocycles. The Kier molecular flexibility index (Phi) is 9.31. The monoisotopic (exact) mass is 722 g/mol. The highest BCUT2D eigenvalue weighted by atomic mass is 32.1. The number of amides is 5. The fraction of sp³-hybridized carbons (Fsp3) is 0.333. The quantitative estimate of drug-likeness (QED) is 0.0744. The molecule has 3 aliphatic heterocycles. The van der Waals surface area contributed by atoms with Gasteiger partial charge in [-0.1, -0.05) is 18.2 Å². The van der Waals surface area contributed by atoms with Gasteiger partial charge in [-0.25, -0.2) is 0 Å². The van der Waals surface area contributed by atoms with E-state index in [2.05, 4.69) is 45.5 Å². The van der Waals surface area contributed by atoms with Crippen molar-refractivity contribution >= 4 is 58.0 Å². The zero-order chi connectivity index (χ0) is 36.7. The van der Waals surface area contributed by atoms with Crippen molar-refractivity contribution in [1.82, 2.24) is 35.8 Å². The summed E-state index contributed by atoms with van der Waals surface area (Å²) in [6.45, 7) is 6.65. The van der Waals surface area contributed by atoms with E-state index in [0.717, 1.165) is 43.5 Å². The third-order valence-electron chi connectivity index (χ3n) is 9.62. The molecule has 6 N–H and O–H groups in total. The number of imide groups is 1. The van der Waals surface area contributed by atoms with Gasteiger partial charge in [-0.05, 0) is 63.4 Å². The second-order valence-corrected chi connectivity index (χ2v) is 14.3. The van der Waals surface area contributed by atoms with Crippen LogP contribution in [0.3, 0.4) is 0 Å². The molecule has 268 valence electrons. The van der Waals surface area contributed by atoms with Crippen molar-refractivity contribution in [3.8, 4) is 5.00 Å². The molecule has 1 fully saturated rings.